The van der Waals surface area contributed by atoms with Crippen LogP contribution in [-0.4, -0.2) is 41.2 Å². The molecule has 1 aromatic heterocycles. The Morgan fingerprint density at radius 2 is 1.95 bits per heavy atom. The SMILES string of the molecule is CCNc1nc(OCC)nc(N2CCC(C)CC2)n1. The van der Waals surface area contributed by atoms with Gasteiger partial charge in [-0.15, -0.1) is 0 Å². The third-order valence-corrected chi connectivity index (χ3v) is 3.28. The highest BCUT2D eigenvalue weighted by Crippen LogP contribution is 2.22. The van der Waals surface area contributed by atoms with E-state index in [4.69, 9.17) is 4.74 Å². The predicted molar refractivity (Wildman–Crippen MR) is 75.8 cm³/mol. The Morgan fingerprint density at radius 1 is 1.21 bits per heavy atom. The number of nitrogens with zero attached hydrogens (tertiary/aromatic N) is 4. The molecule has 19 heavy (non-hydrogen) atoms. The van der Waals surface area contributed by atoms with Crippen molar-refractivity contribution in [3.8, 4) is 6.01 Å². The molecule has 0 saturated carbocycles. The second-order valence-corrected chi connectivity index (χ2v) is 4.87. The summed E-state index contributed by atoms with van der Waals surface area (Å²) in [7, 11) is 0. The van der Waals surface area contributed by atoms with Crippen LogP contribution in [-0.2, 0) is 0 Å². The molecule has 0 aromatic carbocycles. The van der Waals surface area contributed by atoms with Crippen LogP contribution in [0.25, 0.3) is 0 Å². The topological polar surface area (TPSA) is 63.2 Å². The van der Waals surface area contributed by atoms with Crippen molar-refractivity contribution in [1.82, 2.24) is 15.0 Å². The number of piperidine rings is 1. The minimum absolute atomic E-state index is 0.405. The van der Waals surface area contributed by atoms with E-state index >= 15 is 0 Å². The van der Waals surface area contributed by atoms with Crippen molar-refractivity contribution in [2.75, 3.05) is 36.5 Å². The van der Waals surface area contributed by atoms with E-state index in [1.807, 2.05) is 13.8 Å². The molecule has 1 saturated heterocycles. The highest BCUT2D eigenvalue weighted by molar-refractivity contribution is 5.38. The minimum atomic E-state index is 0.405. The molecule has 106 valence electrons. The molecule has 6 nitrogen and oxygen atoms in total. The number of rotatable bonds is 5. The van der Waals surface area contributed by atoms with Crippen LogP contribution in [0.4, 0.5) is 11.9 Å². The lowest BCUT2D eigenvalue weighted by atomic mass is 10.00. The van der Waals surface area contributed by atoms with Crippen molar-refractivity contribution in [2.24, 2.45) is 5.92 Å². The largest absolute Gasteiger partial charge is 0.464 e. The van der Waals surface area contributed by atoms with Crippen molar-refractivity contribution in [1.29, 1.82) is 0 Å². The first kappa shape index (κ1) is 13.8. The van der Waals surface area contributed by atoms with Crippen LogP contribution in [0.3, 0.4) is 0 Å². The van der Waals surface area contributed by atoms with E-state index in [1.165, 1.54) is 12.8 Å². The third kappa shape index (κ3) is 3.68. The van der Waals surface area contributed by atoms with Gasteiger partial charge >= 0.3 is 6.01 Å². The second-order valence-electron chi connectivity index (χ2n) is 4.87. The summed E-state index contributed by atoms with van der Waals surface area (Å²) in [6.07, 6.45) is 2.37. The molecule has 0 radical (unpaired) electrons. The first-order chi connectivity index (χ1) is 9.22. The molecule has 1 fully saturated rings. The van der Waals surface area contributed by atoms with Gasteiger partial charge in [-0.3, -0.25) is 0 Å². The fourth-order valence-electron chi connectivity index (χ4n) is 2.13. The van der Waals surface area contributed by atoms with Gasteiger partial charge in [-0.1, -0.05) is 6.92 Å². The number of aromatic nitrogens is 3. The van der Waals surface area contributed by atoms with Crippen LogP contribution in [0.1, 0.15) is 33.6 Å². The molecule has 0 bridgehead atoms. The van der Waals surface area contributed by atoms with Crippen LogP contribution in [0.5, 0.6) is 6.01 Å². The van der Waals surface area contributed by atoms with Crippen LogP contribution in [0.15, 0.2) is 0 Å². The van der Waals surface area contributed by atoms with Gasteiger partial charge in [0.25, 0.3) is 0 Å². The van der Waals surface area contributed by atoms with Crippen molar-refractivity contribution in [3.63, 3.8) is 0 Å². The average molecular weight is 265 g/mol. The molecule has 0 spiro atoms. The summed E-state index contributed by atoms with van der Waals surface area (Å²) in [5.74, 6) is 2.11. The molecule has 1 N–H and O–H groups in total. The first-order valence-corrected chi connectivity index (χ1v) is 7.10. The van der Waals surface area contributed by atoms with E-state index in [1.54, 1.807) is 0 Å². The zero-order valence-corrected chi connectivity index (χ0v) is 12.0. The Bertz CT molecular complexity index is 380. The maximum absolute atomic E-state index is 5.42. The summed E-state index contributed by atoms with van der Waals surface area (Å²) in [6.45, 7) is 9.59. The molecule has 2 heterocycles. The maximum Gasteiger partial charge on any atom is 0.323 e. The lowest BCUT2D eigenvalue weighted by molar-refractivity contribution is 0.311. The molecular weight excluding hydrogens is 242 g/mol. The summed E-state index contributed by atoms with van der Waals surface area (Å²) >= 11 is 0. The van der Waals surface area contributed by atoms with Gasteiger partial charge in [0.05, 0.1) is 6.61 Å². The molecule has 1 aliphatic rings. The smallest absolute Gasteiger partial charge is 0.323 e. The van der Waals surface area contributed by atoms with Gasteiger partial charge in [-0.05, 0) is 32.6 Å². The average Bonchev–Trinajstić information content (AvgIpc) is 2.40. The summed E-state index contributed by atoms with van der Waals surface area (Å²) in [6, 6.07) is 0.405. The molecule has 0 unspecified atom stereocenters. The first-order valence-electron chi connectivity index (χ1n) is 7.10. The van der Waals surface area contributed by atoms with E-state index < -0.39 is 0 Å². The molecule has 2 rings (SSSR count). The highest BCUT2D eigenvalue weighted by Gasteiger charge is 2.19. The van der Waals surface area contributed by atoms with Crippen LogP contribution in [0.2, 0.25) is 0 Å². The summed E-state index contributed by atoms with van der Waals surface area (Å²) in [5, 5.41) is 3.13. The summed E-state index contributed by atoms with van der Waals surface area (Å²) in [5.41, 5.74) is 0. The molecule has 0 amide bonds. The Hall–Kier alpha value is -1.59. The van der Waals surface area contributed by atoms with E-state index in [2.05, 4.69) is 32.1 Å². The van der Waals surface area contributed by atoms with Gasteiger partial charge < -0.3 is 15.0 Å². The molecule has 1 aromatic rings. The van der Waals surface area contributed by atoms with Crippen LogP contribution >= 0.6 is 0 Å². The number of nitrogens with one attached hydrogen (secondary N) is 1. The van der Waals surface area contributed by atoms with Crippen molar-refractivity contribution < 1.29 is 4.74 Å². The summed E-state index contributed by atoms with van der Waals surface area (Å²) < 4.78 is 5.42. The van der Waals surface area contributed by atoms with E-state index in [-0.39, 0.29) is 0 Å². The molecule has 6 heteroatoms. The number of hydrogen-bond donors (Lipinski definition) is 1. The predicted octanol–water partition coefficient (Wildman–Crippen LogP) is 1.94. The Kier molecular flexibility index (Phi) is 4.76. The van der Waals surface area contributed by atoms with Gasteiger partial charge in [0, 0.05) is 19.6 Å². The lowest BCUT2D eigenvalue weighted by Crippen LogP contribution is -2.34. The zero-order valence-electron chi connectivity index (χ0n) is 12.0. The fraction of sp³-hybridized carbons (Fsp3) is 0.769. The lowest BCUT2D eigenvalue weighted by Gasteiger charge is -2.30. The monoisotopic (exact) mass is 265 g/mol. The molecular formula is C13H23N5O. The van der Waals surface area contributed by atoms with Crippen LogP contribution < -0.4 is 15.0 Å². The van der Waals surface area contributed by atoms with Crippen LogP contribution in [0, 0.1) is 5.92 Å². The number of ether oxygens (including phenoxy) is 1. The second kappa shape index (κ2) is 6.54. The standard InChI is InChI=1S/C13H23N5O/c1-4-14-11-15-12(17-13(16-11)19-5-2)18-8-6-10(3)7-9-18/h10H,4-9H2,1-3H3,(H,14,15,16,17). The fourth-order valence-corrected chi connectivity index (χ4v) is 2.13. The Labute approximate surface area is 114 Å². The van der Waals surface area contributed by atoms with Gasteiger partial charge in [-0.25, -0.2) is 0 Å². The maximum atomic E-state index is 5.42. The van der Waals surface area contributed by atoms with Crippen molar-refractivity contribution in [3.05, 3.63) is 0 Å². The van der Waals surface area contributed by atoms with Gasteiger partial charge in [-0.2, -0.15) is 15.0 Å². The molecule has 0 aliphatic carbocycles. The highest BCUT2D eigenvalue weighted by atomic mass is 16.5. The van der Waals surface area contributed by atoms with E-state index in [0.717, 1.165) is 31.5 Å². The summed E-state index contributed by atoms with van der Waals surface area (Å²) in [4.78, 5) is 15.3. The van der Waals surface area contributed by atoms with Gasteiger partial charge in [0.1, 0.15) is 0 Å². The number of anilines is 2. The molecule has 0 atom stereocenters. The van der Waals surface area contributed by atoms with E-state index in [9.17, 15) is 0 Å². The van der Waals surface area contributed by atoms with E-state index in [0.29, 0.717) is 18.6 Å². The normalized spacial score (nSPS) is 16.5. The Morgan fingerprint density at radius 3 is 2.58 bits per heavy atom. The van der Waals surface area contributed by atoms with Crippen molar-refractivity contribution in [2.45, 2.75) is 33.6 Å². The third-order valence-electron chi connectivity index (χ3n) is 3.28. The minimum Gasteiger partial charge on any atom is -0.464 e. The quantitative estimate of drug-likeness (QED) is 0.877. The Balaban J connectivity index is 2.17. The number of hydrogen-bond acceptors (Lipinski definition) is 6. The zero-order chi connectivity index (χ0) is 13.7. The van der Waals surface area contributed by atoms with Gasteiger partial charge in [0.15, 0.2) is 0 Å². The molecule has 1 aliphatic heterocycles. The van der Waals surface area contributed by atoms with Crippen molar-refractivity contribution >= 4 is 11.9 Å². The van der Waals surface area contributed by atoms with Gasteiger partial charge in [0.2, 0.25) is 11.9 Å².